The van der Waals surface area contributed by atoms with Crippen molar-refractivity contribution in [2.45, 2.75) is 20.3 Å². The Morgan fingerprint density at radius 1 is 1.35 bits per heavy atom. The predicted molar refractivity (Wildman–Crippen MR) is 73.0 cm³/mol. The number of aromatic carboxylic acids is 1. The minimum absolute atomic E-state index is 0.0383. The second kappa shape index (κ2) is 5.66. The largest absolute Gasteiger partial charge is 0.477 e. The van der Waals surface area contributed by atoms with E-state index in [9.17, 15) is 13.6 Å². The molecular formula is C14H13F2NO2S. The molecular weight excluding hydrogens is 284 g/mol. The fraction of sp³-hybridized carbons (Fsp3) is 0.286. The number of carboxylic acids is 1. The van der Waals surface area contributed by atoms with Gasteiger partial charge in [-0.2, -0.15) is 0 Å². The maximum absolute atomic E-state index is 13.7. The fourth-order valence-electron chi connectivity index (χ4n) is 1.85. The lowest BCUT2D eigenvalue weighted by atomic mass is 10.1. The summed E-state index contributed by atoms with van der Waals surface area (Å²) in [6.45, 7) is 3.85. The van der Waals surface area contributed by atoms with Gasteiger partial charge >= 0.3 is 5.97 Å². The van der Waals surface area contributed by atoms with Crippen LogP contribution in [0.1, 0.15) is 29.2 Å². The van der Waals surface area contributed by atoms with E-state index in [1.165, 1.54) is 6.07 Å². The van der Waals surface area contributed by atoms with E-state index >= 15 is 0 Å². The maximum Gasteiger partial charge on any atom is 0.347 e. The first-order valence-corrected chi connectivity index (χ1v) is 6.89. The van der Waals surface area contributed by atoms with Gasteiger partial charge in [-0.3, -0.25) is 0 Å². The van der Waals surface area contributed by atoms with E-state index in [1.54, 1.807) is 0 Å². The Labute approximate surface area is 118 Å². The van der Waals surface area contributed by atoms with Crippen molar-refractivity contribution in [3.05, 3.63) is 40.4 Å². The maximum atomic E-state index is 13.7. The van der Waals surface area contributed by atoms with Crippen LogP contribution in [-0.4, -0.2) is 16.1 Å². The van der Waals surface area contributed by atoms with Gasteiger partial charge in [-0.15, -0.1) is 11.3 Å². The van der Waals surface area contributed by atoms with Crippen molar-refractivity contribution in [3.8, 4) is 10.6 Å². The Kier molecular flexibility index (Phi) is 4.13. The highest BCUT2D eigenvalue weighted by Crippen LogP contribution is 2.32. The smallest absolute Gasteiger partial charge is 0.347 e. The van der Waals surface area contributed by atoms with Crippen LogP contribution in [0.25, 0.3) is 10.6 Å². The van der Waals surface area contributed by atoms with E-state index in [1.807, 2.05) is 13.8 Å². The standard InChI is InChI=1S/C14H13F2NO2S/c1-7(2)6-10-12(14(18)19)20-13(17-10)11-8(15)4-3-5-9(11)16/h3-5,7H,6H2,1-2H3,(H,18,19). The van der Waals surface area contributed by atoms with E-state index in [4.69, 9.17) is 5.11 Å². The first kappa shape index (κ1) is 14.6. The zero-order valence-electron chi connectivity index (χ0n) is 11.0. The summed E-state index contributed by atoms with van der Waals surface area (Å²) in [5, 5.41) is 9.22. The van der Waals surface area contributed by atoms with Crippen LogP contribution in [0.4, 0.5) is 8.78 Å². The Morgan fingerprint density at radius 3 is 2.45 bits per heavy atom. The summed E-state index contributed by atoms with van der Waals surface area (Å²) in [5.74, 6) is -2.41. The molecule has 106 valence electrons. The van der Waals surface area contributed by atoms with Gasteiger partial charge in [-0.25, -0.2) is 18.6 Å². The van der Waals surface area contributed by atoms with E-state index in [2.05, 4.69) is 4.98 Å². The number of rotatable bonds is 4. The lowest BCUT2D eigenvalue weighted by Crippen LogP contribution is -2.02. The van der Waals surface area contributed by atoms with Gasteiger partial charge in [-0.05, 0) is 24.5 Å². The topological polar surface area (TPSA) is 50.2 Å². The van der Waals surface area contributed by atoms with Crippen LogP contribution in [0.15, 0.2) is 18.2 Å². The summed E-state index contributed by atoms with van der Waals surface area (Å²) in [4.78, 5) is 15.4. The molecule has 0 aliphatic carbocycles. The molecule has 1 aromatic carbocycles. The Morgan fingerprint density at radius 2 is 1.95 bits per heavy atom. The van der Waals surface area contributed by atoms with Crippen LogP contribution in [0.3, 0.4) is 0 Å². The van der Waals surface area contributed by atoms with Crippen LogP contribution in [0.2, 0.25) is 0 Å². The number of benzene rings is 1. The number of carboxylic acid groups (broad SMARTS) is 1. The molecule has 0 saturated heterocycles. The summed E-state index contributed by atoms with van der Waals surface area (Å²) in [6, 6.07) is 3.51. The lowest BCUT2D eigenvalue weighted by molar-refractivity contribution is 0.0700. The summed E-state index contributed by atoms with van der Waals surface area (Å²) < 4.78 is 27.4. The molecule has 0 radical (unpaired) electrons. The molecule has 3 nitrogen and oxygen atoms in total. The molecule has 0 aliphatic rings. The normalized spacial score (nSPS) is 11.1. The zero-order chi connectivity index (χ0) is 14.9. The van der Waals surface area contributed by atoms with Crippen molar-refractivity contribution in [2.24, 2.45) is 5.92 Å². The third-order valence-corrected chi connectivity index (χ3v) is 3.77. The Bertz CT molecular complexity index is 632. The Balaban J connectivity index is 2.56. The Hall–Kier alpha value is -1.82. The minimum Gasteiger partial charge on any atom is -0.477 e. The molecule has 0 bridgehead atoms. The lowest BCUT2D eigenvalue weighted by Gasteiger charge is -2.02. The van der Waals surface area contributed by atoms with Crippen molar-refractivity contribution >= 4 is 17.3 Å². The number of thiazole rings is 1. The molecule has 2 aromatic rings. The van der Waals surface area contributed by atoms with Crippen LogP contribution in [0.5, 0.6) is 0 Å². The molecule has 0 amide bonds. The van der Waals surface area contributed by atoms with Gasteiger partial charge < -0.3 is 5.11 Å². The highest BCUT2D eigenvalue weighted by atomic mass is 32.1. The molecule has 1 heterocycles. The van der Waals surface area contributed by atoms with Crippen molar-refractivity contribution in [1.82, 2.24) is 4.98 Å². The summed E-state index contributed by atoms with van der Waals surface area (Å²) in [6.07, 6.45) is 0.453. The quantitative estimate of drug-likeness (QED) is 0.928. The number of nitrogens with zero attached hydrogens (tertiary/aromatic N) is 1. The fourth-order valence-corrected chi connectivity index (χ4v) is 2.83. The van der Waals surface area contributed by atoms with Crippen molar-refractivity contribution < 1.29 is 18.7 Å². The van der Waals surface area contributed by atoms with Crippen molar-refractivity contribution in [1.29, 1.82) is 0 Å². The van der Waals surface area contributed by atoms with Crippen LogP contribution in [0, 0.1) is 17.6 Å². The van der Waals surface area contributed by atoms with E-state index in [0.29, 0.717) is 12.1 Å². The van der Waals surface area contributed by atoms with Crippen LogP contribution < -0.4 is 0 Å². The highest BCUT2D eigenvalue weighted by molar-refractivity contribution is 7.17. The highest BCUT2D eigenvalue weighted by Gasteiger charge is 2.22. The van der Waals surface area contributed by atoms with Gasteiger partial charge in [0.1, 0.15) is 21.5 Å². The molecule has 0 aliphatic heterocycles. The molecule has 2 rings (SSSR count). The number of aromatic nitrogens is 1. The van der Waals surface area contributed by atoms with Gasteiger partial charge in [0.15, 0.2) is 0 Å². The zero-order valence-corrected chi connectivity index (χ0v) is 11.8. The second-order valence-corrected chi connectivity index (χ2v) is 5.79. The molecule has 0 atom stereocenters. The molecule has 0 saturated carbocycles. The second-order valence-electron chi connectivity index (χ2n) is 4.79. The average molecular weight is 297 g/mol. The minimum atomic E-state index is -1.12. The molecule has 0 spiro atoms. The van der Waals surface area contributed by atoms with Gasteiger partial charge in [0.2, 0.25) is 0 Å². The average Bonchev–Trinajstić information content (AvgIpc) is 2.71. The molecule has 1 aromatic heterocycles. The van der Waals surface area contributed by atoms with Gasteiger partial charge in [0.25, 0.3) is 0 Å². The van der Waals surface area contributed by atoms with Gasteiger partial charge in [0, 0.05) is 0 Å². The van der Waals surface area contributed by atoms with Crippen LogP contribution >= 0.6 is 11.3 Å². The molecule has 0 unspecified atom stereocenters. The third kappa shape index (κ3) is 2.85. The number of hydrogen-bond donors (Lipinski definition) is 1. The van der Waals surface area contributed by atoms with E-state index in [-0.39, 0.29) is 21.4 Å². The SMILES string of the molecule is CC(C)Cc1nc(-c2c(F)cccc2F)sc1C(=O)O. The first-order chi connectivity index (χ1) is 9.40. The molecule has 1 N–H and O–H groups in total. The molecule has 0 fully saturated rings. The van der Waals surface area contributed by atoms with E-state index < -0.39 is 17.6 Å². The first-order valence-electron chi connectivity index (χ1n) is 6.07. The molecule has 6 heteroatoms. The summed E-state index contributed by atoms with van der Waals surface area (Å²) in [5.41, 5.74) is 0.102. The van der Waals surface area contributed by atoms with Crippen molar-refractivity contribution in [2.75, 3.05) is 0 Å². The number of hydrogen-bond acceptors (Lipinski definition) is 3. The van der Waals surface area contributed by atoms with Crippen LogP contribution in [-0.2, 0) is 6.42 Å². The monoisotopic (exact) mass is 297 g/mol. The van der Waals surface area contributed by atoms with Gasteiger partial charge in [-0.1, -0.05) is 19.9 Å². The number of halogens is 2. The predicted octanol–water partition coefficient (Wildman–Crippen LogP) is 3.99. The number of carbonyl (C=O) groups is 1. The third-order valence-electron chi connectivity index (χ3n) is 2.67. The van der Waals surface area contributed by atoms with Gasteiger partial charge in [0.05, 0.1) is 11.3 Å². The van der Waals surface area contributed by atoms with Crippen molar-refractivity contribution in [3.63, 3.8) is 0 Å². The van der Waals surface area contributed by atoms with E-state index in [0.717, 1.165) is 23.5 Å². The molecule has 20 heavy (non-hydrogen) atoms. The summed E-state index contributed by atoms with van der Waals surface area (Å²) in [7, 11) is 0. The summed E-state index contributed by atoms with van der Waals surface area (Å²) >= 11 is 0.800.